The Labute approximate surface area is 109 Å². The van der Waals surface area contributed by atoms with Gasteiger partial charge < -0.3 is 0 Å². The van der Waals surface area contributed by atoms with E-state index in [2.05, 4.69) is 10.3 Å². The first kappa shape index (κ1) is 11.4. The number of nitrogens with one attached hydrogen (secondary N) is 1. The molecular weight excluding hydrogens is 300 g/mol. The van der Waals surface area contributed by atoms with Crippen LogP contribution in [0.5, 0.6) is 0 Å². The minimum atomic E-state index is -0.277. The quantitative estimate of drug-likeness (QED) is 0.781. The predicted octanol–water partition coefficient (Wildman–Crippen LogP) is 1.33. The van der Waals surface area contributed by atoms with Crippen LogP contribution in [0.25, 0.3) is 0 Å². The van der Waals surface area contributed by atoms with E-state index in [1.54, 1.807) is 12.1 Å². The van der Waals surface area contributed by atoms with Crippen LogP contribution in [0.1, 0.15) is 22.3 Å². The van der Waals surface area contributed by atoms with Crippen molar-refractivity contribution in [2.45, 2.75) is 12.3 Å². The van der Waals surface area contributed by atoms with Crippen LogP contribution in [0.15, 0.2) is 24.3 Å². The van der Waals surface area contributed by atoms with Crippen molar-refractivity contribution < 1.29 is 9.18 Å². The summed E-state index contributed by atoms with van der Waals surface area (Å²) in [4.78, 5) is 15.8. The number of halogens is 1. The zero-order valence-electron chi connectivity index (χ0n) is 9.31. The zero-order valence-corrected chi connectivity index (χ0v) is 11.0. The van der Waals surface area contributed by atoms with Gasteiger partial charge in [0.1, 0.15) is 0 Å². The molecule has 2 aromatic rings. The van der Waals surface area contributed by atoms with E-state index in [9.17, 15) is 9.18 Å². The molecule has 0 spiro atoms. The molecule has 1 aromatic carbocycles. The molecule has 1 amide bonds. The second kappa shape index (κ2) is 4.23. The summed E-state index contributed by atoms with van der Waals surface area (Å²) < 4.78 is 14.6. The van der Waals surface area contributed by atoms with Gasteiger partial charge >= 0.3 is 109 Å². The number of nitrogens with zero attached hydrogens (tertiary/aromatic N) is 1. The summed E-state index contributed by atoms with van der Waals surface area (Å²) in [6.07, 6.45) is 0.370. The molecule has 1 aromatic heterocycles. The predicted molar refractivity (Wildman–Crippen MR) is 67.1 cm³/mol. The summed E-state index contributed by atoms with van der Waals surface area (Å²) in [5.74, 6) is 0.218. The molecule has 0 aliphatic carbocycles. The molecule has 1 unspecified atom stereocenters. The molecule has 6 heteroatoms. The van der Waals surface area contributed by atoms with E-state index in [4.69, 9.17) is 5.73 Å². The van der Waals surface area contributed by atoms with E-state index in [-0.39, 0.29) is 32.1 Å². The Morgan fingerprint density at radius 2 is 2.11 bits per heavy atom. The van der Waals surface area contributed by atoms with Crippen LogP contribution < -0.4 is 11.1 Å². The molecule has 1 atom stereocenters. The van der Waals surface area contributed by atoms with Gasteiger partial charge in [0.25, 0.3) is 0 Å². The third-order valence-corrected chi connectivity index (χ3v) is 5.00. The number of rotatable bonds is 1. The summed E-state index contributed by atoms with van der Waals surface area (Å²) in [5, 5.41) is 2.73. The molecule has 0 radical (unpaired) electrons. The molecule has 4 nitrogen and oxygen atoms in total. The van der Waals surface area contributed by atoms with Gasteiger partial charge in [-0.15, -0.1) is 0 Å². The van der Waals surface area contributed by atoms with Crippen LogP contribution in [0.4, 0.5) is 14.9 Å². The number of nitrogens with two attached hydrogens (primary N) is 1. The van der Waals surface area contributed by atoms with Crippen molar-refractivity contribution in [1.82, 2.24) is 4.98 Å². The number of amides is 1. The van der Waals surface area contributed by atoms with Gasteiger partial charge in [-0.1, -0.05) is 0 Å². The van der Waals surface area contributed by atoms with Crippen molar-refractivity contribution in [2.75, 3.05) is 11.1 Å². The summed E-state index contributed by atoms with van der Waals surface area (Å²) in [6.45, 7) is 0. The minimum absolute atomic E-state index is 0.0257. The number of fused-ring (bicyclic) bond motifs is 1. The fraction of sp³-hybridized carbons (Fsp3) is 0.167. The Balaban J connectivity index is 2.06. The number of aromatic nitrogens is 1. The van der Waals surface area contributed by atoms with Gasteiger partial charge in [0.05, 0.1) is 0 Å². The topological polar surface area (TPSA) is 68.0 Å². The van der Waals surface area contributed by atoms with Crippen molar-refractivity contribution in [3.63, 3.8) is 0 Å². The third kappa shape index (κ3) is 1.94. The van der Waals surface area contributed by atoms with E-state index in [0.29, 0.717) is 16.9 Å². The van der Waals surface area contributed by atoms with E-state index in [1.165, 1.54) is 12.1 Å². The third-order valence-electron chi connectivity index (χ3n) is 2.91. The average molecular weight is 310 g/mol. The molecule has 3 rings (SSSR count). The van der Waals surface area contributed by atoms with E-state index < -0.39 is 0 Å². The second-order valence-corrected chi connectivity index (χ2v) is 6.35. The molecular formula is C12H10FN3OSe. The molecule has 0 saturated carbocycles. The standard InChI is InChI=1S/C12H10FN3OSe/c13-7-3-1-6(2-4-7)8-5-9(17)15-11-10(8)18-12(14)16-11/h1-4,8H,5H2,(H2,14,16)(H,15,17). The van der Waals surface area contributed by atoms with Crippen LogP contribution in [-0.4, -0.2) is 25.4 Å². The molecule has 0 saturated heterocycles. The van der Waals surface area contributed by atoms with Crippen LogP contribution in [0.3, 0.4) is 0 Å². The number of carbonyl (C=O) groups excluding carboxylic acids is 1. The number of carbonyl (C=O) groups is 1. The van der Waals surface area contributed by atoms with Crippen LogP contribution in [-0.2, 0) is 4.79 Å². The number of anilines is 2. The Kier molecular flexibility index (Phi) is 2.69. The first-order chi connectivity index (χ1) is 8.63. The Hall–Kier alpha value is -1.65. The monoisotopic (exact) mass is 311 g/mol. The van der Waals surface area contributed by atoms with Gasteiger partial charge in [-0.3, -0.25) is 0 Å². The summed E-state index contributed by atoms with van der Waals surface area (Å²) in [5.41, 5.74) is 6.66. The van der Waals surface area contributed by atoms with Crippen molar-refractivity contribution in [3.05, 3.63) is 40.1 Å². The van der Waals surface area contributed by atoms with Gasteiger partial charge in [-0.25, -0.2) is 0 Å². The van der Waals surface area contributed by atoms with Gasteiger partial charge in [0.15, 0.2) is 0 Å². The Bertz CT molecular complexity index is 608. The number of nitrogen functional groups attached to an aromatic ring is 1. The summed E-state index contributed by atoms with van der Waals surface area (Å²) >= 11 is -0.0257. The van der Waals surface area contributed by atoms with Crippen LogP contribution in [0, 0.1) is 5.82 Å². The SMILES string of the molecule is Nc1nc2c([se]1)C(c1ccc(F)cc1)CC(=O)N2. The molecule has 0 bridgehead atoms. The van der Waals surface area contributed by atoms with Crippen LogP contribution >= 0.6 is 0 Å². The number of hydrogen-bond acceptors (Lipinski definition) is 3. The molecule has 92 valence electrons. The molecule has 3 N–H and O–H groups in total. The maximum atomic E-state index is 12.9. The van der Waals surface area contributed by atoms with Crippen molar-refractivity contribution in [3.8, 4) is 0 Å². The number of hydrogen-bond donors (Lipinski definition) is 2. The maximum absolute atomic E-state index is 12.9. The second-order valence-electron chi connectivity index (χ2n) is 4.12. The first-order valence-electron chi connectivity index (χ1n) is 5.45. The van der Waals surface area contributed by atoms with Crippen molar-refractivity contribution in [2.24, 2.45) is 0 Å². The van der Waals surface area contributed by atoms with Gasteiger partial charge in [-0.05, 0) is 0 Å². The molecule has 2 heterocycles. The Morgan fingerprint density at radius 1 is 1.39 bits per heavy atom. The normalized spacial score (nSPS) is 18.3. The van der Waals surface area contributed by atoms with E-state index >= 15 is 0 Å². The van der Waals surface area contributed by atoms with Gasteiger partial charge in [-0.2, -0.15) is 0 Å². The fourth-order valence-corrected chi connectivity index (χ4v) is 4.02. The average Bonchev–Trinajstić information content (AvgIpc) is 2.69. The molecule has 1 aliphatic rings. The van der Waals surface area contributed by atoms with E-state index in [0.717, 1.165) is 10.0 Å². The van der Waals surface area contributed by atoms with Crippen molar-refractivity contribution in [1.29, 1.82) is 0 Å². The van der Waals surface area contributed by atoms with Crippen molar-refractivity contribution >= 4 is 30.9 Å². The van der Waals surface area contributed by atoms with Gasteiger partial charge in [0, 0.05) is 0 Å². The summed E-state index contributed by atoms with van der Waals surface area (Å²) in [7, 11) is 0. The molecule has 18 heavy (non-hydrogen) atoms. The molecule has 1 aliphatic heterocycles. The summed E-state index contributed by atoms with van der Waals surface area (Å²) in [6, 6.07) is 6.25. The van der Waals surface area contributed by atoms with E-state index in [1.807, 2.05) is 0 Å². The molecule has 0 fully saturated rings. The first-order valence-corrected chi connectivity index (χ1v) is 7.16. The zero-order chi connectivity index (χ0) is 12.7. The van der Waals surface area contributed by atoms with Crippen LogP contribution in [0.2, 0.25) is 0 Å². The van der Waals surface area contributed by atoms with Gasteiger partial charge in [0.2, 0.25) is 0 Å². The number of benzene rings is 1. The Morgan fingerprint density at radius 3 is 2.83 bits per heavy atom. The fourth-order valence-electron chi connectivity index (χ4n) is 2.10.